The van der Waals surface area contributed by atoms with Crippen molar-refractivity contribution in [3.63, 3.8) is 0 Å². The number of piperazine rings is 1. The van der Waals surface area contributed by atoms with Crippen molar-refractivity contribution in [2.24, 2.45) is 5.73 Å². The summed E-state index contributed by atoms with van der Waals surface area (Å²) in [5, 5.41) is 6.74. The summed E-state index contributed by atoms with van der Waals surface area (Å²) in [4.78, 5) is 26.4. The lowest BCUT2D eigenvalue weighted by molar-refractivity contribution is 0.498. The van der Waals surface area contributed by atoms with Gasteiger partial charge in [-0.05, 0) is 49.2 Å². The van der Waals surface area contributed by atoms with E-state index < -0.39 is 0 Å². The normalized spacial score (nSPS) is 17.2. The molecule has 3 aromatic heterocycles. The Morgan fingerprint density at radius 1 is 0.886 bits per heavy atom. The summed E-state index contributed by atoms with van der Waals surface area (Å²) in [5.74, 6) is 1.47. The molecular formula is C25H30N10. The minimum Gasteiger partial charge on any atom is -0.369 e. The van der Waals surface area contributed by atoms with Crippen LogP contribution < -0.4 is 26.2 Å². The second-order valence-corrected chi connectivity index (χ2v) is 9.14. The number of hydrogen-bond acceptors (Lipinski definition) is 9. The smallest absolute Gasteiger partial charge is 0.229 e. The summed E-state index contributed by atoms with van der Waals surface area (Å²) in [5.41, 5.74) is 11.3. The molecule has 0 unspecified atom stereocenters. The summed E-state index contributed by atoms with van der Waals surface area (Å²) in [6.45, 7) is 5.95. The van der Waals surface area contributed by atoms with Gasteiger partial charge in [0.2, 0.25) is 5.95 Å². The molecule has 4 aromatic rings. The van der Waals surface area contributed by atoms with Gasteiger partial charge in [0, 0.05) is 68.4 Å². The maximum atomic E-state index is 6.05. The van der Waals surface area contributed by atoms with Crippen LogP contribution in [0.3, 0.4) is 0 Å². The van der Waals surface area contributed by atoms with Crippen LogP contribution in [0.15, 0.2) is 48.9 Å². The summed E-state index contributed by atoms with van der Waals surface area (Å²) in [7, 11) is 0. The van der Waals surface area contributed by atoms with E-state index in [0.29, 0.717) is 17.6 Å². The van der Waals surface area contributed by atoms with E-state index in [1.54, 1.807) is 6.33 Å². The molecule has 0 amide bonds. The number of H-pyrrole nitrogens is 1. The molecule has 2 fully saturated rings. The maximum absolute atomic E-state index is 6.05. The number of hydrogen-bond donors (Lipinski definition) is 4. The lowest BCUT2D eigenvalue weighted by Crippen LogP contribution is -2.43. The van der Waals surface area contributed by atoms with E-state index in [4.69, 9.17) is 15.7 Å². The molecule has 180 valence electrons. The number of aromatic amines is 1. The highest BCUT2D eigenvalue weighted by Gasteiger charge is 2.18. The summed E-state index contributed by atoms with van der Waals surface area (Å²) >= 11 is 0. The Morgan fingerprint density at radius 3 is 2.43 bits per heavy atom. The molecule has 35 heavy (non-hydrogen) atoms. The monoisotopic (exact) mass is 470 g/mol. The lowest BCUT2D eigenvalue weighted by Gasteiger charge is -2.31. The zero-order valence-corrected chi connectivity index (χ0v) is 19.6. The molecule has 0 aliphatic carbocycles. The third kappa shape index (κ3) is 4.62. The zero-order valence-electron chi connectivity index (χ0n) is 19.6. The second kappa shape index (κ2) is 9.47. The SMILES string of the molecule is NC1CCN(c2ccc(-c3nc(Nc4ccc(N5CCNCC5)cc4)nc4nc[nH]c34)cn2)CC1. The molecule has 5 heterocycles. The predicted molar refractivity (Wildman–Crippen MR) is 139 cm³/mol. The van der Waals surface area contributed by atoms with Gasteiger partial charge in [-0.15, -0.1) is 0 Å². The number of piperidine rings is 1. The van der Waals surface area contributed by atoms with Crippen molar-refractivity contribution in [1.29, 1.82) is 0 Å². The number of anilines is 4. The molecule has 5 N–H and O–H groups in total. The summed E-state index contributed by atoms with van der Waals surface area (Å²) in [6.07, 6.45) is 5.51. The van der Waals surface area contributed by atoms with E-state index in [0.717, 1.165) is 80.4 Å². The van der Waals surface area contributed by atoms with Crippen LogP contribution in [0.25, 0.3) is 22.4 Å². The standard InChI is InChI=1S/C25H30N10/c26-18-7-11-35(12-8-18)21-6-1-17(15-28-21)22-23-24(30-16-29-23)33-25(32-22)31-19-2-4-20(5-3-19)34-13-9-27-10-14-34/h1-6,15-16,18,27H,7-14,26H2,(H2,29,30,31,32,33). The van der Waals surface area contributed by atoms with Gasteiger partial charge < -0.3 is 31.2 Å². The van der Waals surface area contributed by atoms with Gasteiger partial charge in [0.05, 0.1) is 6.33 Å². The number of imidazole rings is 1. The molecule has 10 nitrogen and oxygen atoms in total. The number of nitrogens with zero attached hydrogens (tertiary/aromatic N) is 6. The van der Waals surface area contributed by atoms with E-state index in [1.807, 2.05) is 6.20 Å². The maximum Gasteiger partial charge on any atom is 0.229 e. The van der Waals surface area contributed by atoms with Gasteiger partial charge in [0.15, 0.2) is 5.65 Å². The molecule has 2 aliphatic rings. The first-order valence-electron chi connectivity index (χ1n) is 12.2. The van der Waals surface area contributed by atoms with Crippen LogP contribution in [0.5, 0.6) is 0 Å². The van der Waals surface area contributed by atoms with Crippen LogP contribution in [0, 0.1) is 0 Å². The largest absolute Gasteiger partial charge is 0.369 e. The fraction of sp³-hybridized carbons (Fsp3) is 0.360. The van der Waals surface area contributed by atoms with Crippen molar-refractivity contribution in [2.75, 3.05) is 54.4 Å². The Balaban J connectivity index is 1.24. The fourth-order valence-electron chi connectivity index (χ4n) is 4.75. The van der Waals surface area contributed by atoms with Crippen molar-refractivity contribution in [3.05, 3.63) is 48.9 Å². The number of pyridine rings is 1. The number of nitrogens with two attached hydrogens (primary N) is 1. The van der Waals surface area contributed by atoms with Crippen molar-refractivity contribution >= 4 is 34.3 Å². The van der Waals surface area contributed by atoms with Gasteiger partial charge in [-0.1, -0.05) is 0 Å². The first-order valence-corrected chi connectivity index (χ1v) is 12.2. The number of fused-ring (bicyclic) bond motifs is 1. The molecule has 2 saturated heterocycles. The van der Waals surface area contributed by atoms with E-state index in [-0.39, 0.29) is 0 Å². The average molecular weight is 471 g/mol. The van der Waals surface area contributed by atoms with Crippen LogP contribution in [0.2, 0.25) is 0 Å². The van der Waals surface area contributed by atoms with Crippen molar-refractivity contribution < 1.29 is 0 Å². The second-order valence-electron chi connectivity index (χ2n) is 9.14. The first kappa shape index (κ1) is 21.8. The van der Waals surface area contributed by atoms with Crippen molar-refractivity contribution in [3.8, 4) is 11.3 Å². The molecule has 0 atom stereocenters. The van der Waals surface area contributed by atoms with E-state index in [1.165, 1.54) is 5.69 Å². The van der Waals surface area contributed by atoms with E-state index >= 15 is 0 Å². The van der Waals surface area contributed by atoms with Gasteiger partial charge in [0.1, 0.15) is 17.0 Å². The van der Waals surface area contributed by atoms with Crippen LogP contribution in [0.1, 0.15) is 12.8 Å². The molecular weight excluding hydrogens is 440 g/mol. The van der Waals surface area contributed by atoms with Gasteiger partial charge in [-0.25, -0.2) is 15.0 Å². The topological polar surface area (TPSA) is 124 Å². The fourth-order valence-corrected chi connectivity index (χ4v) is 4.75. The highest BCUT2D eigenvalue weighted by molar-refractivity contribution is 5.88. The summed E-state index contributed by atoms with van der Waals surface area (Å²) < 4.78 is 0. The zero-order chi connectivity index (χ0) is 23.6. The molecule has 1 aromatic carbocycles. The third-order valence-electron chi connectivity index (χ3n) is 6.78. The quantitative estimate of drug-likeness (QED) is 0.348. The van der Waals surface area contributed by atoms with Crippen LogP contribution in [-0.2, 0) is 0 Å². The minimum atomic E-state index is 0.296. The van der Waals surface area contributed by atoms with Crippen LogP contribution in [-0.4, -0.2) is 70.2 Å². The van der Waals surface area contributed by atoms with Crippen molar-refractivity contribution in [2.45, 2.75) is 18.9 Å². The Labute approximate surface area is 204 Å². The molecule has 0 saturated carbocycles. The van der Waals surface area contributed by atoms with Crippen LogP contribution in [0.4, 0.5) is 23.1 Å². The van der Waals surface area contributed by atoms with E-state index in [9.17, 15) is 0 Å². The number of rotatable bonds is 5. The Kier molecular flexibility index (Phi) is 5.89. The Morgan fingerprint density at radius 2 is 1.69 bits per heavy atom. The molecule has 10 heteroatoms. The molecule has 0 spiro atoms. The lowest BCUT2D eigenvalue weighted by atomic mass is 10.1. The van der Waals surface area contributed by atoms with Gasteiger partial charge in [-0.2, -0.15) is 4.98 Å². The van der Waals surface area contributed by atoms with Gasteiger partial charge in [-0.3, -0.25) is 0 Å². The predicted octanol–water partition coefficient (Wildman–Crippen LogP) is 2.50. The highest BCUT2D eigenvalue weighted by atomic mass is 15.2. The Bertz CT molecular complexity index is 1270. The van der Waals surface area contributed by atoms with Crippen molar-refractivity contribution in [1.82, 2.24) is 30.2 Å². The van der Waals surface area contributed by atoms with Gasteiger partial charge >= 0.3 is 0 Å². The molecule has 0 radical (unpaired) electrons. The number of aromatic nitrogens is 5. The van der Waals surface area contributed by atoms with Crippen LogP contribution >= 0.6 is 0 Å². The molecule has 6 rings (SSSR count). The molecule has 0 bridgehead atoms. The van der Waals surface area contributed by atoms with Gasteiger partial charge in [0.25, 0.3) is 0 Å². The highest BCUT2D eigenvalue weighted by Crippen LogP contribution is 2.28. The first-order chi connectivity index (χ1) is 17.2. The Hall–Kier alpha value is -3.76. The van der Waals surface area contributed by atoms with E-state index in [2.05, 4.69) is 71.8 Å². The average Bonchev–Trinajstić information content (AvgIpc) is 3.39. The third-order valence-corrected chi connectivity index (χ3v) is 6.78. The minimum absolute atomic E-state index is 0.296. The number of benzene rings is 1. The molecule has 2 aliphatic heterocycles. The summed E-state index contributed by atoms with van der Waals surface area (Å²) in [6, 6.07) is 12.8. The number of nitrogens with one attached hydrogen (secondary N) is 3.